The first-order chi connectivity index (χ1) is 21.3. The normalized spacial score (nSPS) is 13.9. The van der Waals surface area contributed by atoms with Crippen LogP contribution >= 0.6 is 11.3 Å². The highest BCUT2D eigenvalue weighted by atomic mass is 32.1. The molecule has 1 heterocycles. The number of hydrogen-bond acceptors (Lipinski definition) is 6. The van der Waals surface area contributed by atoms with Gasteiger partial charge >= 0.3 is 0 Å². The number of ether oxygens (including phenoxy) is 1. The number of rotatable bonds is 20. The fraction of sp³-hybridized carbons (Fsp3) is 0.694. The van der Waals surface area contributed by atoms with Crippen LogP contribution in [0.25, 0.3) is 0 Å². The second-order valence-corrected chi connectivity index (χ2v) is 14.7. The number of hydrogen-bond donors (Lipinski definition) is 2. The molecule has 3 unspecified atom stereocenters. The Bertz CT molecular complexity index is 1180. The molecule has 0 aliphatic rings. The van der Waals surface area contributed by atoms with Crippen LogP contribution in [0.15, 0.2) is 23.6 Å². The minimum Gasteiger partial charge on any atom is -0.396 e. The smallest absolute Gasteiger partial charge is 0.270 e. The van der Waals surface area contributed by atoms with Gasteiger partial charge in [-0.05, 0) is 61.6 Å². The van der Waals surface area contributed by atoms with Crippen molar-refractivity contribution in [2.45, 2.75) is 138 Å². The molecule has 0 aliphatic heterocycles. The zero-order chi connectivity index (χ0) is 33.6. The average Bonchev–Trinajstić information content (AvgIpc) is 3.46. The molecule has 0 saturated heterocycles. The minimum atomic E-state index is -0.453. The Balaban J connectivity index is 2.26. The van der Waals surface area contributed by atoms with E-state index in [-0.39, 0.29) is 47.0 Å². The molecule has 1 aromatic carbocycles. The summed E-state index contributed by atoms with van der Waals surface area (Å²) in [4.78, 5) is 33.8. The number of carbonyl (C=O) groups excluding carboxylic acids is 2. The number of nitrogens with zero attached hydrogens (tertiary/aromatic N) is 2. The number of anilines is 1. The van der Waals surface area contributed by atoms with Crippen LogP contribution in [0, 0.1) is 17.2 Å². The van der Waals surface area contributed by atoms with Gasteiger partial charge < -0.3 is 20.7 Å². The molecule has 2 aromatic rings. The lowest BCUT2D eigenvalue weighted by molar-refractivity contribution is -0.135. The number of benzene rings is 1. The van der Waals surface area contributed by atoms with Crippen molar-refractivity contribution in [2.75, 3.05) is 18.9 Å². The van der Waals surface area contributed by atoms with Crippen LogP contribution in [0.5, 0.6) is 0 Å². The second kappa shape index (κ2) is 19.2. The lowest BCUT2D eigenvalue weighted by atomic mass is 9.85. The maximum absolute atomic E-state index is 14.2. The summed E-state index contributed by atoms with van der Waals surface area (Å²) in [5.74, 6) is -0.257. The third-order valence-corrected chi connectivity index (χ3v) is 9.02. The second-order valence-electron chi connectivity index (χ2n) is 13.8. The molecular weight excluding hydrogens is 587 g/mol. The van der Waals surface area contributed by atoms with E-state index in [1.807, 2.05) is 6.92 Å². The van der Waals surface area contributed by atoms with E-state index < -0.39 is 5.82 Å². The first kappa shape index (κ1) is 38.7. The van der Waals surface area contributed by atoms with Gasteiger partial charge in [-0.3, -0.25) is 9.59 Å². The van der Waals surface area contributed by atoms with Crippen LogP contribution in [0.1, 0.15) is 140 Å². The number of halogens is 1. The van der Waals surface area contributed by atoms with Gasteiger partial charge in [-0.25, -0.2) is 9.37 Å². The summed E-state index contributed by atoms with van der Waals surface area (Å²) in [7, 11) is 0. The zero-order valence-electron chi connectivity index (χ0n) is 29.1. The molecule has 254 valence electrons. The summed E-state index contributed by atoms with van der Waals surface area (Å²) in [5, 5.41) is 5.69. The van der Waals surface area contributed by atoms with Gasteiger partial charge in [0.1, 0.15) is 22.6 Å². The Morgan fingerprint density at radius 2 is 1.80 bits per heavy atom. The average molecular weight is 647 g/mol. The predicted octanol–water partition coefficient (Wildman–Crippen LogP) is 8.73. The number of nitrogens with one attached hydrogen (secondary N) is 1. The molecule has 2 rings (SSSR count). The summed E-state index contributed by atoms with van der Waals surface area (Å²) in [6.07, 6.45) is 8.36. The summed E-state index contributed by atoms with van der Waals surface area (Å²) >= 11 is 1.42. The van der Waals surface area contributed by atoms with Gasteiger partial charge in [0.05, 0.1) is 5.69 Å². The van der Waals surface area contributed by atoms with Crippen LogP contribution in [-0.4, -0.2) is 46.9 Å². The first-order valence-corrected chi connectivity index (χ1v) is 17.9. The quantitative estimate of drug-likeness (QED) is 0.111. The van der Waals surface area contributed by atoms with Crippen LogP contribution in [0.3, 0.4) is 0 Å². The number of carbonyl (C=O) groups is 2. The summed E-state index contributed by atoms with van der Waals surface area (Å²) in [6.45, 7) is 18.2. The van der Waals surface area contributed by atoms with E-state index in [1.54, 1.807) is 17.5 Å². The van der Waals surface area contributed by atoms with E-state index in [4.69, 9.17) is 15.5 Å². The van der Waals surface area contributed by atoms with Crippen molar-refractivity contribution in [2.24, 2.45) is 11.3 Å². The highest BCUT2D eigenvalue weighted by Crippen LogP contribution is 2.31. The highest BCUT2D eigenvalue weighted by Gasteiger charge is 2.31. The van der Waals surface area contributed by atoms with Gasteiger partial charge in [0.2, 0.25) is 5.91 Å². The van der Waals surface area contributed by atoms with Crippen molar-refractivity contribution in [1.82, 2.24) is 15.2 Å². The first-order valence-electron chi connectivity index (χ1n) is 17.0. The molecule has 2 amide bonds. The summed E-state index contributed by atoms with van der Waals surface area (Å²) < 4.78 is 20.4. The number of nitrogens with two attached hydrogens (primary N) is 1. The van der Waals surface area contributed by atoms with Gasteiger partial charge in [0, 0.05) is 43.5 Å². The molecule has 3 N–H and O–H groups in total. The molecule has 45 heavy (non-hydrogen) atoms. The van der Waals surface area contributed by atoms with Crippen molar-refractivity contribution in [3.05, 3.63) is 45.7 Å². The Kier molecular flexibility index (Phi) is 16.5. The maximum atomic E-state index is 14.2. The van der Waals surface area contributed by atoms with Crippen molar-refractivity contribution >= 4 is 28.8 Å². The Labute approximate surface area is 275 Å². The molecular formula is C36H59FN4O3S. The molecule has 0 radical (unpaired) electrons. The Morgan fingerprint density at radius 1 is 1.09 bits per heavy atom. The topological polar surface area (TPSA) is 97.5 Å². The molecule has 0 spiro atoms. The summed E-state index contributed by atoms with van der Waals surface area (Å²) in [6, 6.07) is 4.60. The number of thiazole rings is 1. The van der Waals surface area contributed by atoms with Gasteiger partial charge in [-0.1, -0.05) is 80.2 Å². The lowest BCUT2D eigenvalue weighted by Crippen LogP contribution is -2.45. The number of unbranched alkanes of at least 4 members (excludes halogenated alkanes) is 4. The van der Waals surface area contributed by atoms with Gasteiger partial charge in [-0.15, -0.1) is 11.3 Å². The number of nitrogen functional groups attached to an aromatic ring is 1. The van der Waals surface area contributed by atoms with E-state index in [0.717, 1.165) is 49.2 Å². The van der Waals surface area contributed by atoms with E-state index >= 15 is 0 Å². The van der Waals surface area contributed by atoms with Crippen LogP contribution in [-0.2, 0) is 16.0 Å². The standard InChI is InChI=1S/C36H59FN4O3S/c1-9-12-14-15-19-41(33(42)16-13-10-2)31(25(4)5)22-32(44-11-3)35-40-30(24-45-35)34(43)39-27(23-36(6,7)8)20-26-17-18-29(38)28(37)21-26/h17-18,21,24-25,27,31-32H,9-16,19-20,22-23,38H2,1-8H3,(H,39,43). The monoisotopic (exact) mass is 646 g/mol. The lowest BCUT2D eigenvalue weighted by Gasteiger charge is -2.36. The van der Waals surface area contributed by atoms with E-state index in [9.17, 15) is 14.0 Å². The molecule has 0 fully saturated rings. The van der Waals surface area contributed by atoms with Crippen LogP contribution in [0.4, 0.5) is 10.1 Å². The van der Waals surface area contributed by atoms with Crippen molar-refractivity contribution in [1.29, 1.82) is 0 Å². The number of aromatic nitrogens is 1. The molecule has 0 saturated carbocycles. The van der Waals surface area contributed by atoms with Crippen molar-refractivity contribution in [3.8, 4) is 0 Å². The van der Waals surface area contributed by atoms with E-state index in [2.05, 4.69) is 58.7 Å². The van der Waals surface area contributed by atoms with E-state index in [1.165, 1.54) is 23.8 Å². The van der Waals surface area contributed by atoms with Crippen molar-refractivity contribution in [3.63, 3.8) is 0 Å². The molecule has 7 nitrogen and oxygen atoms in total. The van der Waals surface area contributed by atoms with E-state index in [0.29, 0.717) is 38.0 Å². The van der Waals surface area contributed by atoms with Gasteiger partial charge in [-0.2, -0.15) is 0 Å². The fourth-order valence-corrected chi connectivity index (χ4v) is 6.63. The van der Waals surface area contributed by atoms with Crippen molar-refractivity contribution < 1.29 is 18.7 Å². The highest BCUT2D eigenvalue weighted by molar-refractivity contribution is 7.09. The summed E-state index contributed by atoms with van der Waals surface area (Å²) in [5.41, 5.74) is 6.85. The minimum absolute atomic E-state index is 0.00480. The third-order valence-electron chi connectivity index (χ3n) is 8.08. The van der Waals surface area contributed by atoms with Crippen LogP contribution < -0.4 is 11.1 Å². The maximum Gasteiger partial charge on any atom is 0.270 e. The predicted molar refractivity (Wildman–Crippen MR) is 185 cm³/mol. The van der Waals surface area contributed by atoms with Gasteiger partial charge in [0.15, 0.2) is 0 Å². The molecule has 3 atom stereocenters. The fourth-order valence-electron chi connectivity index (χ4n) is 5.77. The number of amides is 2. The molecule has 0 aliphatic carbocycles. The Morgan fingerprint density at radius 3 is 2.40 bits per heavy atom. The third kappa shape index (κ3) is 13.4. The molecule has 0 bridgehead atoms. The molecule has 1 aromatic heterocycles. The van der Waals surface area contributed by atoms with Crippen LogP contribution in [0.2, 0.25) is 0 Å². The SMILES string of the molecule is CCCCCCN(C(=O)CCCC)C(CC(OCC)c1nc(C(=O)NC(Cc2ccc(N)c(F)c2)CC(C)(C)C)cs1)C(C)C. The van der Waals surface area contributed by atoms with Gasteiger partial charge in [0.25, 0.3) is 5.91 Å². The zero-order valence-corrected chi connectivity index (χ0v) is 29.9. The molecule has 9 heteroatoms. The largest absolute Gasteiger partial charge is 0.396 e. The Hall–Kier alpha value is -2.52.